The summed E-state index contributed by atoms with van der Waals surface area (Å²) in [6.45, 7) is 2.38. The van der Waals surface area contributed by atoms with Gasteiger partial charge >= 0.3 is 0 Å². The molecule has 0 saturated heterocycles. The number of carbonyl (C=O) groups is 1. The standard InChI is InChI=1S/C24H23N5O3/c1-3-32-21-15-8-7-14-20(21)25-24(30)22(17-10-5-4-6-11-17)29-27-23(26-28-29)18-12-9-13-19(16-18)31-2/h4-16,22H,3H2,1-2H3,(H,25,30)/t22-/m0/s1. The molecular weight excluding hydrogens is 406 g/mol. The van der Waals surface area contributed by atoms with Crippen LogP contribution in [0.3, 0.4) is 0 Å². The average Bonchev–Trinajstić information content (AvgIpc) is 3.31. The van der Waals surface area contributed by atoms with Gasteiger partial charge in [-0.15, -0.1) is 15.0 Å². The molecule has 4 aromatic rings. The van der Waals surface area contributed by atoms with Crippen LogP contribution in [-0.4, -0.2) is 39.8 Å². The van der Waals surface area contributed by atoms with E-state index in [4.69, 9.17) is 9.47 Å². The van der Waals surface area contributed by atoms with E-state index >= 15 is 0 Å². The van der Waals surface area contributed by atoms with E-state index in [9.17, 15) is 4.79 Å². The van der Waals surface area contributed by atoms with Gasteiger partial charge in [-0.2, -0.15) is 0 Å². The summed E-state index contributed by atoms with van der Waals surface area (Å²) in [6.07, 6.45) is 0. The highest BCUT2D eigenvalue weighted by molar-refractivity contribution is 5.96. The summed E-state index contributed by atoms with van der Waals surface area (Å²) in [7, 11) is 1.60. The number of nitrogens with one attached hydrogen (secondary N) is 1. The highest BCUT2D eigenvalue weighted by Crippen LogP contribution is 2.27. The maximum atomic E-state index is 13.4. The third kappa shape index (κ3) is 4.59. The van der Waals surface area contributed by atoms with E-state index in [2.05, 4.69) is 20.7 Å². The lowest BCUT2D eigenvalue weighted by atomic mass is 10.1. The number of carbonyl (C=O) groups excluding carboxylic acids is 1. The Balaban J connectivity index is 1.68. The van der Waals surface area contributed by atoms with Gasteiger partial charge in [-0.25, -0.2) is 0 Å². The largest absolute Gasteiger partial charge is 0.497 e. The monoisotopic (exact) mass is 429 g/mol. The zero-order valence-electron chi connectivity index (χ0n) is 17.8. The van der Waals surface area contributed by atoms with Gasteiger partial charge in [-0.3, -0.25) is 4.79 Å². The normalized spacial score (nSPS) is 11.6. The first-order valence-corrected chi connectivity index (χ1v) is 10.2. The number of methoxy groups -OCH3 is 1. The molecule has 32 heavy (non-hydrogen) atoms. The Morgan fingerprint density at radius 1 is 1.03 bits per heavy atom. The quantitative estimate of drug-likeness (QED) is 0.456. The number of aromatic nitrogens is 4. The topological polar surface area (TPSA) is 91.2 Å². The van der Waals surface area contributed by atoms with Gasteiger partial charge in [0.15, 0.2) is 6.04 Å². The van der Waals surface area contributed by atoms with E-state index in [1.807, 2.05) is 79.7 Å². The number of rotatable bonds is 8. The van der Waals surface area contributed by atoms with E-state index in [1.165, 1.54) is 4.80 Å². The van der Waals surface area contributed by atoms with Gasteiger partial charge in [0.2, 0.25) is 5.82 Å². The minimum atomic E-state index is -0.822. The zero-order valence-corrected chi connectivity index (χ0v) is 17.8. The van der Waals surface area contributed by atoms with Crippen molar-refractivity contribution >= 4 is 11.6 Å². The highest BCUT2D eigenvalue weighted by atomic mass is 16.5. The Bertz CT molecular complexity index is 1190. The molecule has 1 N–H and O–H groups in total. The van der Waals surface area contributed by atoms with Crippen LogP contribution >= 0.6 is 0 Å². The van der Waals surface area contributed by atoms with Crippen LogP contribution in [0.4, 0.5) is 5.69 Å². The fourth-order valence-corrected chi connectivity index (χ4v) is 3.29. The number of hydrogen-bond donors (Lipinski definition) is 1. The Hall–Kier alpha value is -4.20. The molecule has 0 aliphatic heterocycles. The zero-order chi connectivity index (χ0) is 22.3. The van der Waals surface area contributed by atoms with E-state index in [0.29, 0.717) is 29.6 Å². The molecule has 0 aliphatic carbocycles. The van der Waals surface area contributed by atoms with Crippen LogP contribution in [0.5, 0.6) is 11.5 Å². The van der Waals surface area contributed by atoms with Gasteiger partial charge in [-0.1, -0.05) is 54.6 Å². The highest BCUT2D eigenvalue weighted by Gasteiger charge is 2.26. The van der Waals surface area contributed by atoms with Crippen molar-refractivity contribution < 1.29 is 14.3 Å². The average molecular weight is 429 g/mol. The fourth-order valence-electron chi connectivity index (χ4n) is 3.29. The number of nitrogens with zero attached hydrogens (tertiary/aromatic N) is 4. The SMILES string of the molecule is CCOc1ccccc1NC(=O)[C@H](c1ccccc1)n1nnc(-c2cccc(OC)c2)n1. The van der Waals surface area contributed by atoms with Crippen molar-refractivity contribution in [2.75, 3.05) is 19.0 Å². The van der Waals surface area contributed by atoms with Gasteiger partial charge in [0.25, 0.3) is 5.91 Å². The van der Waals surface area contributed by atoms with Gasteiger partial charge < -0.3 is 14.8 Å². The summed E-state index contributed by atoms with van der Waals surface area (Å²) in [6, 6.07) is 23.2. The second-order valence-electron chi connectivity index (χ2n) is 6.90. The van der Waals surface area contributed by atoms with Crippen molar-refractivity contribution in [2.24, 2.45) is 0 Å². The van der Waals surface area contributed by atoms with Gasteiger partial charge in [0.1, 0.15) is 11.5 Å². The van der Waals surface area contributed by atoms with Crippen LogP contribution in [0.25, 0.3) is 11.4 Å². The van der Waals surface area contributed by atoms with Crippen LogP contribution in [0.1, 0.15) is 18.5 Å². The van der Waals surface area contributed by atoms with Crippen molar-refractivity contribution in [3.63, 3.8) is 0 Å². The molecule has 8 heteroatoms. The van der Waals surface area contributed by atoms with E-state index in [0.717, 1.165) is 11.1 Å². The summed E-state index contributed by atoms with van der Waals surface area (Å²) >= 11 is 0. The van der Waals surface area contributed by atoms with Crippen molar-refractivity contribution in [1.82, 2.24) is 20.2 Å². The second-order valence-corrected chi connectivity index (χ2v) is 6.90. The van der Waals surface area contributed by atoms with Crippen molar-refractivity contribution in [1.29, 1.82) is 0 Å². The molecule has 0 radical (unpaired) electrons. The maximum absolute atomic E-state index is 13.4. The van der Waals surface area contributed by atoms with Crippen molar-refractivity contribution in [3.8, 4) is 22.9 Å². The van der Waals surface area contributed by atoms with E-state index in [1.54, 1.807) is 13.2 Å². The van der Waals surface area contributed by atoms with Crippen LogP contribution in [-0.2, 0) is 4.79 Å². The number of amides is 1. The molecular formula is C24H23N5O3. The lowest BCUT2D eigenvalue weighted by Crippen LogP contribution is -2.29. The first-order chi connectivity index (χ1) is 15.7. The molecule has 1 amide bonds. The van der Waals surface area contributed by atoms with Gasteiger partial charge in [-0.05, 0) is 42.0 Å². The number of para-hydroxylation sites is 2. The number of hydrogen-bond acceptors (Lipinski definition) is 6. The third-order valence-electron chi connectivity index (χ3n) is 4.80. The Kier molecular flexibility index (Phi) is 6.41. The van der Waals surface area contributed by atoms with Crippen LogP contribution in [0.15, 0.2) is 78.9 Å². The minimum absolute atomic E-state index is 0.307. The third-order valence-corrected chi connectivity index (χ3v) is 4.80. The molecule has 0 bridgehead atoms. The Labute approximate surface area is 185 Å². The van der Waals surface area contributed by atoms with Gasteiger partial charge in [0, 0.05) is 5.56 Å². The van der Waals surface area contributed by atoms with Crippen LogP contribution in [0.2, 0.25) is 0 Å². The first-order valence-electron chi connectivity index (χ1n) is 10.2. The number of tetrazole rings is 1. The smallest absolute Gasteiger partial charge is 0.255 e. The minimum Gasteiger partial charge on any atom is -0.497 e. The summed E-state index contributed by atoms with van der Waals surface area (Å²) in [5, 5.41) is 15.8. The maximum Gasteiger partial charge on any atom is 0.255 e. The summed E-state index contributed by atoms with van der Waals surface area (Å²) in [4.78, 5) is 14.7. The molecule has 0 saturated carbocycles. The fraction of sp³-hybridized carbons (Fsp3) is 0.167. The molecule has 1 atom stereocenters. The molecule has 0 spiro atoms. The molecule has 8 nitrogen and oxygen atoms in total. The van der Waals surface area contributed by atoms with E-state index in [-0.39, 0.29) is 5.91 Å². The molecule has 1 heterocycles. The summed E-state index contributed by atoms with van der Waals surface area (Å²) in [5.74, 6) is 1.37. The lowest BCUT2D eigenvalue weighted by molar-refractivity contribution is -0.118. The molecule has 162 valence electrons. The number of benzene rings is 3. The molecule has 3 aromatic carbocycles. The van der Waals surface area contributed by atoms with Crippen LogP contribution in [0, 0.1) is 0 Å². The van der Waals surface area contributed by atoms with Crippen LogP contribution < -0.4 is 14.8 Å². The summed E-state index contributed by atoms with van der Waals surface area (Å²) in [5.41, 5.74) is 2.05. The predicted molar refractivity (Wildman–Crippen MR) is 121 cm³/mol. The molecule has 4 rings (SSSR count). The lowest BCUT2D eigenvalue weighted by Gasteiger charge is -2.17. The summed E-state index contributed by atoms with van der Waals surface area (Å²) < 4.78 is 10.9. The molecule has 0 fully saturated rings. The van der Waals surface area contributed by atoms with Crippen molar-refractivity contribution in [2.45, 2.75) is 13.0 Å². The van der Waals surface area contributed by atoms with E-state index < -0.39 is 6.04 Å². The Morgan fingerprint density at radius 2 is 1.81 bits per heavy atom. The number of ether oxygens (including phenoxy) is 2. The van der Waals surface area contributed by atoms with Gasteiger partial charge in [0.05, 0.1) is 19.4 Å². The van der Waals surface area contributed by atoms with Crippen molar-refractivity contribution in [3.05, 3.63) is 84.4 Å². The molecule has 1 aromatic heterocycles. The second kappa shape index (κ2) is 9.74. The number of anilines is 1. The molecule has 0 unspecified atom stereocenters. The first kappa shape index (κ1) is 21.0. The molecule has 0 aliphatic rings. The Morgan fingerprint density at radius 3 is 2.59 bits per heavy atom. The predicted octanol–water partition coefficient (Wildman–Crippen LogP) is 3.98.